The van der Waals surface area contributed by atoms with Crippen molar-refractivity contribution in [2.24, 2.45) is 0 Å². The molecule has 0 atom stereocenters. The summed E-state index contributed by atoms with van der Waals surface area (Å²) < 4.78 is 0. The van der Waals surface area contributed by atoms with Gasteiger partial charge in [0.25, 0.3) is 0 Å². The number of halogens is 1. The maximum Gasteiger partial charge on any atom is 0.172 e. The van der Waals surface area contributed by atoms with Gasteiger partial charge in [0.15, 0.2) is 5.11 Å². The molecule has 18 heavy (non-hydrogen) atoms. The number of anilines is 1. The molecule has 0 aliphatic heterocycles. The fourth-order valence-electron chi connectivity index (χ4n) is 1.87. The lowest BCUT2D eigenvalue weighted by Crippen LogP contribution is -2.30. The minimum Gasteiger partial charge on any atom is -0.359 e. The van der Waals surface area contributed by atoms with E-state index in [0.717, 1.165) is 6.54 Å². The number of hydrogen-bond acceptors (Lipinski definition) is 2. The maximum absolute atomic E-state index is 5.76. The summed E-state index contributed by atoms with van der Waals surface area (Å²) in [5.41, 5.74) is 1.44. The van der Waals surface area contributed by atoms with Crippen molar-refractivity contribution in [3.8, 4) is 0 Å². The van der Waals surface area contributed by atoms with E-state index in [4.69, 9.17) is 23.8 Å². The van der Waals surface area contributed by atoms with Gasteiger partial charge in [-0.05, 0) is 50.0 Å². The molecular formula is C13H16ClN3S. The fraction of sp³-hybridized carbons (Fsp3) is 0.385. The van der Waals surface area contributed by atoms with Crippen LogP contribution in [0.1, 0.15) is 25.7 Å². The maximum atomic E-state index is 5.76. The Labute approximate surface area is 118 Å². The van der Waals surface area contributed by atoms with Crippen molar-refractivity contribution in [3.05, 3.63) is 35.0 Å². The molecule has 0 bridgehead atoms. The van der Waals surface area contributed by atoms with Crippen LogP contribution >= 0.6 is 23.8 Å². The highest BCUT2D eigenvalue weighted by Crippen LogP contribution is 2.16. The van der Waals surface area contributed by atoms with Gasteiger partial charge < -0.3 is 10.6 Å². The Hall–Kier alpha value is -1.13. The van der Waals surface area contributed by atoms with Crippen molar-refractivity contribution in [1.29, 1.82) is 0 Å². The smallest absolute Gasteiger partial charge is 0.172 e. The Morgan fingerprint density at radius 3 is 2.94 bits per heavy atom. The molecule has 3 nitrogen and oxygen atoms in total. The van der Waals surface area contributed by atoms with Crippen LogP contribution in [0, 0.1) is 0 Å². The van der Waals surface area contributed by atoms with Gasteiger partial charge in [0.05, 0.1) is 5.02 Å². The van der Waals surface area contributed by atoms with Crippen LogP contribution in [0.15, 0.2) is 30.0 Å². The fourth-order valence-corrected chi connectivity index (χ4v) is 2.16. The van der Waals surface area contributed by atoms with E-state index >= 15 is 0 Å². The highest BCUT2D eigenvalue weighted by atomic mass is 35.5. The molecular weight excluding hydrogens is 266 g/mol. The van der Waals surface area contributed by atoms with Gasteiger partial charge >= 0.3 is 0 Å². The first-order chi connectivity index (χ1) is 8.74. The third-order valence-corrected chi connectivity index (χ3v) is 3.30. The third-order valence-electron chi connectivity index (χ3n) is 2.83. The molecule has 0 fully saturated rings. The summed E-state index contributed by atoms with van der Waals surface area (Å²) in [5, 5.41) is 7.44. The van der Waals surface area contributed by atoms with Crippen molar-refractivity contribution >= 4 is 34.7 Å². The summed E-state index contributed by atoms with van der Waals surface area (Å²) >= 11 is 11.0. The van der Waals surface area contributed by atoms with E-state index in [9.17, 15) is 0 Å². The monoisotopic (exact) mass is 281 g/mol. The number of thiocarbonyl (C=S) groups is 1. The molecule has 0 aromatic carbocycles. The summed E-state index contributed by atoms with van der Waals surface area (Å²) in [6.07, 6.45) is 8.86. The number of nitrogens with zero attached hydrogens (tertiary/aromatic N) is 1. The van der Waals surface area contributed by atoms with Crippen molar-refractivity contribution in [1.82, 2.24) is 10.3 Å². The molecule has 2 rings (SSSR count). The minimum absolute atomic E-state index is 0.594. The highest BCUT2D eigenvalue weighted by molar-refractivity contribution is 7.80. The van der Waals surface area contributed by atoms with Crippen LogP contribution in [0.3, 0.4) is 0 Å². The average Bonchev–Trinajstić information content (AvgIpc) is 2.40. The van der Waals surface area contributed by atoms with Gasteiger partial charge in [-0.1, -0.05) is 23.3 Å². The molecule has 1 aliphatic rings. The highest BCUT2D eigenvalue weighted by Gasteiger charge is 2.04. The molecule has 0 unspecified atom stereocenters. The standard InChI is InChI=1S/C13H16ClN3S/c14-11-6-7-12(15-9-11)17-13(18)16-8-10-4-2-1-3-5-10/h4,6-7,9H,1-3,5,8H2,(H2,15,16,17,18). The number of allylic oxidation sites excluding steroid dienone is 1. The minimum atomic E-state index is 0.594. The second-order valence-electron chi connectivity index (χ2n) is 4.28. The normalized spacial score (nSPS) is 14.8. The molecule has 1 aromatic heterocycles. The zero-order chi connectivity index (χ0) is 12.8. The number of pyridine rings is 1. The van der Waals surface area contributed by atoms with Crippen LogP contribution in [-0.4, -0.2) is 16.6 Å². The van der Waals surface area contributed by atoms with E-state index in [1.54, 1.807) is 18.3 Å². The number of nitrogens with one attached hydrogen (secondary N) is 2. The molecule has 0 saturated carbocycles. The predicted molar refractivity (Wildman–Crippen MR) is 80.0 cm³/mol. The van der Waals surface area contributed by atoms with Gasteiger partial charge in [0.1, 0.15) is 5.82 Å². The predicted octanol–water partition coefficient (Wildman–Crippen LogP) is 3.52. The van der Waals surface area contributed by atoms with Crippen molar-refractivity contribution < 1.29 is 0 Å². The first kappa shape index (κ1) is 13.3. The van der Waals surface area contributed by atoms with E-state index in [0.29, 0.717) is 16.0 Å². The van der Waals surface area contributed by atoms with Crippen molar-refractivity contribution in [2.75, 3.05) is 11.9 Å². The molecule has 0 saturated heterocycles. The Kier molecular flexibility index (Phi) is 4.96. The molecule has 96 valence electrons. The summed E-state index contributed by atoms with van der Waals surface area (Å²) in [6, 6.07) is 3.58. The van der Waals surface area contributed by atoms with E-state index in [-0.39, 0.29) is 0 Å². The topological polar surface area (TPSA) is 37.0 Å². The Morgan fingerprint density at radius 2 is 2.28 bits per heavy atom. The van der Waals surface area contributed by atoms with Crippen LogP contribution < -0.4 is 10.6 Å². The molecule has 1 heterocycles. The van der Waals surface area contributed by atoms with Crippen LogP contribution in [0.5, 0.6) is 0 Å². The Morgan fingerprint density at radius 1 is 1.39 bits per heavy atom. The van der Waals surface area contributed by atoms with E-state index in [2.05, 4.69) is 21.7 Å². The van der Waals surface area contributed by atoms with Crippen LogP contribution in [-0.2, 0) is 0 Å². The van der Waals surface area contributed by atoms with Crippen LogP contribution in [0.4, 0.5) is 5.82 Å². The van der Waals surface area contributed by atoms with Crippen molar-refractivity contribution in [3.63, 3.8) is 0 Å². The lowest BCUT2D eigenvalue weighted by atomic mass is 10.00. The summed E-state index contributed by atoms with van der Waals surface area (Å²) in [7, 11) is 0. The molecule has 1 aliphatic carbocycles. The first-order valence-electron chi connectivity index (χ1n) is 6.08. The third kappa shape index (κ3) is 4.27. The first-order valence-corrected chi connectivity index (χ1v) is 6.87. The second kappa shape index (κ2) is 6.71. The SMILES string of the molecule is S=C(NCC1=CCCCC1)Nc1ccc(Cl)cn1. The van der Waals surface area contributed by atoms with E-state index in [1.165, 1.54) is 31.3 Å². The van der Waals surface area contributed by atoms with Crippen LogP contribution in [0.25, 0.3) is 0 Å². The number of rotatable bonds is 3. The van der Waals surface area contributed by atoms with Gasteiger partial charge in [-0.3, -0.25) is 0 Å². The summed E-state index contributed by atoms with van der Waals surface area (Å²) in [4.78, 5) is 4.13. The van der Waals surface area contributed by atoms with Gasteiger partial charge in [0.2, 0.25) is 0 Å². The lowest BCUT2D eigenvalue weighted by molar-refractivity contribution is 0.683. The molecule has 2 N–H and O–H groups in total. The van der Waals surface area contributed by atoms with E-state index in [1.807, 2.05) is 0 Å². The molecule has 0 radical (unpaired) electrons. The van der Waals surface area contributed by atoms with Gasteiger partial charge in [0, 0.05) is 12.7 Å². The van der Waals surface area contributed by atoms with E-state index < -0.39 is 0 Å². The quantitative estimate of drug-likeness (QED) is 0.657. The largest absolute Gasteiger partial charge is 0.359 e. The summed E-state index contributed by atoms with van der Waals surface area (Å²) in [5.74, 6) is 0.703. The number of aromatic nitrogens is 1. The number of hydrogen-bond donors (Lipinski definition) is 2. The molecule has 0 amide bonds. The van der Waals surface area contributed by atoms with Gasteiger partial charge in [-0.2, -0.15) is 0 Å². The Balaban J connectivity index is 1.78. The Bertz CT molecular complexity index is 442. The summed E-state index contributed by atoms with van der Waals surface area (Å²) in [6.45, 7) is 0.819. The molecule has 1 aromatic rings. The van der Waals surface area contributed by atoms with Gasteiger partial charge in [-0.25, -0.2) is 4.98 Å². The molecule has 0 spiro atoms. The zero-order valence-electron chi connectivity index (χ0n) is 10.1. The molecule has 5 heteroatoms. The lowest BCUT2D eigenvalue weighted by Gasteiger charge is -2.15. The van der Waals surface area contributed by atoms with Crippen LogP contribution in [0.2, 0.25) is 5.02 Å². The van der Waals surface area contributed by atoms with Crippen molar-refractivity contribution in [2.45, 2.75) is 25.7 Å². The second-order valence-corrected chi connectivity index (χ2v) is 5.12. The average molecular weight is 282 g/mol. The zero-order valence-corrected chi connectivity index (χ0v) is 11.7. The van der Waals surface area contributed by atoms with Gasteiger partial charge in [-0.15, -0.1) is 0 Å².